The van der Waals surface area contributed by atoms with Gasteiger partial charge in [0.05, 0.1) is 12.4 Å². The minimum Gasteiger partial charge on any atom is -0.303 e. The molecule has 5 nitrogen and oxygen atoms in total. The highest BCUT2D eigenvalue weighted by atomic mass is 32.2. The lowest BCUT2D eigenvalue weighted by Crippen LogP contribution is -2.30. The summed E-state index contributed by atoms with van der Waals surface area (Å²) in [5, 5.41) is 0. The van der Waals surface area contributed by atoms with Crippen LogP contribution < -0.4 is 10.6 Å². The molecule has 0 rings (SSSR count). The van der Waals surface area contributed by atoms with E-state index in [4.69, 9.17) is 5.90 Å². The van der Waals surface area contributed by atoms with E-state index in [1.165, 1.54) is 0 Å². The topological polar surface area (TPSA) is 81.4 Å². The lowest BCUT2D eigenvalue weighted by Gasteiger charge is -2.04. The maximum absolute atomic E-state index is 11.1. The summed E-state index contributed by atoms with van der Waals surface area (Å²) < 4.78 is 24.5. The second-order valence-corrected chi connectivity index (χ2v) is 4.36. The van der Waals surface area contributed by atoms with Gasteiger partial charge >= 0.3 is 0 Å². The Balaban J connectivity index is 3.58. The molecular weight excluding hydrogens is 180 g/mol. The third kappa shape index (κ3) is 6.53. The fourth-order valence-electron chi connectivity index (χ4n) is 0.663. The Kier molecular flexibility index (Phi) is 6.27. The molecule has 0 aromatic heterocycles. The minimum atomic E-state index is -3.10. The van der Waals surface area contributed by atoms with Crippen LogP contribution in [0.2, 0.25) is 0 Å². The molecular formula is C6H16N2O3S. The van der Waals surface area contributed by atoms with Gasteiger partial charge in [0.25, 0.3) is 0 Å². The van der Waals surface area contributed by atoms with Gasteiger partial charge in [0.1, 0.15) is 0 Å². The Morgan fingerprint density at radius 2 is 2.17 bits per heavy atom. The van der Waals surface area contributed by atoms with Gasteiger partial charge in [0, 0.05) is 6.54 Å². The molecule has 0 saturated heterocycles. The first-order valence-electron chi connectivity index (χ1n) is 3.91. The van der Waals surface area contributed by atoms with Gasteiger partial charge in [-0.1, -0.05) is 13.3 Å². The Morgan fingerprint density at radius 1 is 1.50 bits per heavy atom. The maximum atomic E-state index is 11.1. The average Bonchev–Trinajstić information content (AvgIpc) is 2.01. The zero-order chi connectivity index (χ0) is 9.45. The minimum absolute atomic E-state index is 0.175. The molecule has 0 aliphatic carbocycles. The number of rotatable bonds is 7. The van der Waals surface area contributed by atoms with Crippen molar-refractivity contribution < 1.29 is 13.3 Å². The van der Waals surface area contributed by atoms with Crippen molar-refractivity contribution in [3.63, 3.8) is 0 Å². The van der Waals surface area contributed by atoms with Gasteiger partial charge in [-0.15, -0.1) is 0 Å². The van der Waals surface area contributed by atoms with Crippen molar-refractivity contribution in [3.05, 3.63) is 0 Å². The van der Waals surface area contributed by atoms with E-state index in [-0.39, 0.29) is 18.9 Å². The molecule has 3 N–H and O–H groups in total. The third-order valence-electron chi connectivity index (χ3n) is 1.31. The Morgan fingerprint density at radius 3 is 2.67 bits per heavy atom. The molecule has 0 atom stereocenters. The zero-order valence-electron chi connectivity index (χ0n) is 7.25. The molecule has 0 bridgehead atoms. The first-order valence-corrected chi connectivity index (χ1v) is 5.56. The highest BCUT2D eigenvalue weighted by Gasteiger charge is 2.07. The number of nitrogens with two attached hydrogens (primary N) is 1. The molecule has 0 radical (unpaired) electrons. The van der Waals surface area contributed by atoms with Gasteiger partial charge in [0.15, 0.2) is 0 Å². The smallest absolute Gasteiger partial charge is 0.211 e. The molecule has 0 unspecified atom stereocenters. The Bertz CT molecular complexity index is 191. The van der Waals surface area contributed by atoms with Crippen LogP contribution in [0.1, 0.15) is 19.8 Å². The fraction of sp³-hybridized carbons (Fsp3) is 1.00. The quantitative estimate of drug-likeness (QED) is 0.428. The predicted octanol–water partition coefficient (Wildman–Crippen LogP) is -0.404. The van der Waals surface area contributed by atoms with Crippen molar-refractivity contribution in [2.75, 3.05) is 18.9 Å². The second kappa shape index (κ2) is 6.36. The Hall–Kier alpha value is -0.170. The van der Waals surface area contributed by atoms with Crippen LogP contribution in [0, 0.1) is 0 Å². The molecule has 0 aromatic rings. The van der Waals surface area contributed by atoms with Crippen molar-refractivity contribution in [2.45, 2.75) is 19.8 Å². The summed E-state index contributed by atoms with van der Waals surface area (Å²) in [5.41, 5.74) is 0. The van der Waals surface area contributed by atoms with Crippen LogP contribution in [-0.2, 0) is 14.9 Å². The van der Waals surface area contributed by atoms with E-state index in [2.05, 4.69) is 9.56 Å². The van der Waals surface area contributed by atoms with Crippen molar-refractivity contribution in [2.24, 2.45) is 5.90 Å². The zero-order valence-corrected chi connectivity index (χ0v) is 8.06. The van der Waals surface area contributed by atoms with Crippen LogP contribution in [0.3, 0.4) is 0 Å². The van der Waals surface area contributed by atoms with Crippen LogP contribution in [0.4, 0.5) is 0 Å². The number of unbranched alkanes of at least 4 members (excludes halogenated alkanes) is 1. The molecule has 0 aliphatic rings. The lowest BCUT2D eigenvalue weighted by atomic mass is 10.4. The predicted molar refractivity (Wildman–Crippen MR) is 46.8 cm³/mol. The number of sulfonamides is 1. The van der Waals surface area contributed by atoms with E-state index in [9.17, 15) is 8.42 Å². The average molecular weight is 196 g/mol. The van der Waals surface area contributed by atoms with Gasteiger partial charge in [-0.3, -0.25) is 0 Å². The van der Waals surface area contributed by atoms with Crippen molar-refractivity contribution in [1.82, 2.24) is 4.72 Å². The van der Waals surface area contributed by atoms with Crippen molar-refractivity contribution in [1.29, 1.82) is 0 Å². The van der Waals surface area contributed by atoms with Gasteiger partial charge in [-0.05, 0) is 6.42 Å². The first kappa shape index (κ1) is 11.8. The second-order valence-electron chi connectivity index (χ2n) is 2.44. The highest BCUT2D eigenvalue weighted by molar-refractivity contribution is 7.89. The van der Waals surface area contributed by atoms with E-state index in [0.29, 0.717) is 6.42 Å². The third-order valence-corrected chi connectivity index (χ3v) is 2.78. The summed E-state index contributed by atoms with van der Waals surface area (Å²) in [6, 6.07) is 0. The van der Waals surface area contributed by atoms with E-state index in [1.807, 2.05) is 6.92 Å². The van der Waals surface area contributed by atoms with Gasteiger partial charge in [0.2, 0.25) is 10.0 Å². The lowest BCUT2D eigenvalue weighted by molar-refractivity contribution is 0.143. The maximum Gasteiger partial charge on any atom is 0.211 e. The SMILES string of the molecule is CCCCS(=O)(=O)NCCON. The van der Waals surface area contributed by atoms with Crippen molar-refractivity contribution in [3.8, 4) is 0 Å². The van der Waals surface area contributed by atoms with Gasteiger partial charge in [-0.25, -0.2) is 19.0 Å². The molecule has 12 heavy (non-hydrogen) atoms. The number of hydrogen-bond donors (Lipinski definition) is 2. The number of nitrogens with one attached hydrogen (secondary N) is 1. The standard InChI is InChI=1S/C6H16N2O3S/c1-2-3-6-12(9,10)8-4-5-11-7/h8H,2-7H2,1H3. The van der Waals surface area contributed by atoms with E-state index in [0.717, 1.165) is 6.42 Å². The highest BCUT2D eigenvalue weighted by Crippen LogP contribution is 1.92. The summed E-state index contributed by atoms with van der Waals surface area (Å²) in [5.74, 6) is 4.90. The van der Waals surface area contributed by atoms with Crippen LogP contribution >= 0.6 is 0 Å². The van der Waals surface area contributed by atoms with Gasteiger partial charge in [-0.2, -0.15) is 0 Å². The largest absolute Gasteiger partial charge is 0.303 e. The summed E-state index contributed by atoms with van der Waals surface area (Å²) in [6.07, 6.45) is 1.55. The first-order chi connectivity index (χ1) is 5.62. The molecule has 0 saturated carbocycles. The normalized spacial score (nSPS) is 11.8. The van der Waals surface area contributed by atoms with E-state index < -0.39 is 10.0 Å². The summed E-state index contributed by atoms with van der Waals surface area (Å²) >= 11 is 0. The molecule has 74 valence electrons. The van der Waals surface area contributed by atoms with Gasteiger partial charge < -0.3 is 4.84 Å². The van der Waals surface area contributed by atoms with Crippen molar-refractivity contribution >= 4 is 10.0 Å². The Labute approximate surface area is 73.3 Å². The van der Waals surface area contributed by atoms with Crippen LogP contribution in [0.5, 0.6) is 0 Å². The summed E-state index contributed by atoms with van der Waals surface area (Å²) in [6.45, 7) is 2.38. The molecule has 0 spiro atoms. The summed E-state index contributed by atoms with van der Waals surface area (Å²) in [4.78, 5) is 4.21. The van der Waals surface area contributed by atoms with Crippen LogP contribution in [0.25, 0.3) is 0 Å². The van der Waals surface area contributed by atoms with Crippen LogP contribution in [0.15, 0.2) is 0 Å². The molecule has 0 heterocycles. The number of hydrogen-bond acceptors (Lipinski definition) is 4. The van der Waals surface area contributed by atoms with E-state index >= 15 is 0 Å². The molecule has 6 heteroatoms. The monoisotopic (exact) mass is 196 g/mol. The molecule has 0 fully saturated rings. The molecule has 0 amide bonds. The molecule has 0 aliphatic heterocycles. The van der Waals surface area contributed by atoms with Crippen LogP contribution in [-0.4, -0.2) is 27.3 Å². The van der Waals surface area contributed by atoms with E-state index in [1.54, 1.807) is 0 Å². The fourth-order valence-corrected chi connectivity index (χ4v) is 1.87. The molecule has 0 aromatic carbocycles. The summed E-state index contributed by atoms with van der Waals surface area (Å²) in [7, 11) is -3.10.